The largest absolute Gasteiger partial charge is 0.486 e. The van der Waals surface area contributed by atoms with E-state index in [0.717, 1.165) is 15.2 Å². The molecule has 5 nitrogen and oxygen atoms in total. The first-order chi connectivity index (χ1) is 12.6. The molecule has 0 aliphatic heterocycles. The van der Waals surface area contributed by atoms with Crippen molar-refractivity contribution in [3.63, 3.8) is 0 Å². The van der Waals surface area contributed by atoms with Gasteiger partial charge in [0.1, 0.15) is 23.2 Å². The number of hydrogen-bond donors (Lipinski definition) is 0. The number of halogens is 1. The molecule has 0 fully saturated rings. The molecule has 0 N–H and O–H groups in total. The summed E-state index contributed by atoms with van der Waals surface area (Å²) in [4.78, 5) is 20.6. The Balaban J connectivity index is 1.71. The van der Waals surface area contributed by atoms with Crippen molar-refractivity contribution in [2.75, 3.05) is 7.11 Å². The Morgan fingerprint density at radius 2 is 1.96 bits per heavy atom. The topological polar surface area (TPSA) is 61.3 Å². The van der Waals surface area contributed by atoms with Gasteiger partial charge in [0.05, 0.1) is 22.8 Å². The Morgan fingerprint density at radius 3 is 2.77 bits per heavy atom. The molecule has 4 rings (SSSR count). The van der Waals surface area contributed by atoms with Gasteiger partial charge in [0.2, 0.25) is 0 Å². The van der Waals surface area contributed by atoms with E-state index in [4.69, 9.17) is 9.47 Å². The molecule has 0 aliphatic rings. The zero-order valence-electron chi connectivity index (χ0n) is 13.7. The highest BCUT2D eigenvalue weighted by Gasteiger charge is 2.15. The normalized spacial score (nSPS) is 11.0. The van der Waals surface area contributed by atoms with E-state index in [0.29, 0.717) is 16.7 Å². The van der Waals surface area contributed by atoms with Gasteiger partial charge in [-0.15, -0.1) is 11.3 Å². The van der Waals surface area contributed by atoms with Crippen molar-refractivity contribution in [1.29, 1.82) is 0 Å². The van der Waals surface area contributed by atoms with E-state index in [9.17, 15) is 9.18 Å². The lowest BCUT2D eigenvalue weighted by Gasteiger charge is -2.10. The second-order valence-electron chi connectivity index (χ2n) is 5.52. The fraction of sp³-hybridized carbons (Fsp3) is 0.105. The Labute approximate surface area is 152 Å². The molecule has 0 bridgehead atoms. The van der Waals surface area contributed by atoms with Gasteiger partial charge in [0.15, 0.2) is 5.69 Å². The number of esters is 1. The van der Waals surface area contributed by atoms with Crippen LogP contribution in [0.5, 0.6) is 5.75 Å². The predicted octanol–water partition coefficient (Wildman–Crippen LogP) is 4.35. The van der Waals surface area contributed by atoms with Crippen LogP contribution in [-0.2, 0) is 11.3 Å². The van der Waals surface area contributed by atoms with Crippen LogP contribution in [0.15, 0.2) is 48.5 Å². The maximum Gasteiger partial charge on any atom is 0.356 e. The first kappa shape index (κ1) is 16.4. The number of benzene rings is 2. The fourth-order valence-electron chi connectivity index (χ4n) is 2.62. The zero-order chi connectivity index (χ0) is 18.1. The molecule has 2 aromatic carbocycles. The van der Waals surface area contributed by atoms with Crippen LogP contribution in [-0.4, -0.2) is 23.0 Å². The number of aromatic nitrogens is 2. The van der Waals surface area contributed by atoms with Crippen LogP contribution in [0.2, 0.25) is 0 Å². The van der Waals surface area contributed by atoms with Crippen LogP contribution in [0.4, 0.5) is 4.39 Å². The van der Waals surface area contributed by atoms with Gasteiger partial charge in [0.25, 0.3) is 0 Å². The third-order valence-corrected chi connectivity index (χ3v) is 4.83. The Morgan fingerprint density at radius 1 is 1.12 bits per heavy atom. The smallest absolute Gasteiger partial charge is 0.356 e. The van der Waals surface area contributed by atoms with Crippen molar-refractivity contribution in [3.8, 4) is 5.75 Å². The average Bonchev–Trinajstić information content (AvgIpc) is 3.08. The summed E-state index contributed by atoms with van der Waals surface area (Å²) >= 11 is 1.52. The third kappa shape index (κ3) is 3.09. The van der Waals surface area contributed by atoms with Crippen molar-refractivity contribution in [2.24, 2.45) is 0 Å². The zero-order valence-corrected chi connectivity index (χ0v) is 14.5. The number of carbonyl (C=O) groups is 1. The quantitative estimate of drug-likeness (QED) is 0.501. The number of ether oxygens (including phenoxy) is 2. The number of thiazole rings is 1. The summed E-state index contributed by atoms with van der Waals surface area (Å²) in [5, 5.41) is 1.27. The molecule has 0 radical (unpaired) electrons. The van der Waals surface area contributed by atoms with Crippen molar-refractivity contribution >= 4 is 38.4 Å². The van der Waals surface area contributed by atoms with Crippen LogP contribution in [0.1, 0.15) is 15.5 Å². The molecule has 0 saturated carbocycles. The number of fused-ring (bicyclic) bond motifs is 2. The fourth-order valence-corrected chi connectivity index (χ4v) is 3.50. The van der Waals surface area contributed by atoms with Gasteiger partial charge in [-0.05, 0) is 30.3 Å². The summed E-state index contributed by atoms with van der Waals surface area (Å²) in [6.45, 7) is 0.204. The molecular weight excluding hydrogens is 355 g/mol. The third-order valence-electron chi connectivity index (χ3n) is 3.82. The monoisotopic (exact) mass is 368 g/mol. The number of rotatable bonds is 4. The molecule has 0 unspecified atom stereocenters. The molecule has 0 aliphatic carbocycles. The first-order valence-electron chi connectivity index (χ1n) is 7.80. The Kier molecular flexibility index (Phi) is 4.22. The summed E-state index contributed by atoms with van der Waals surface area (Å²) in [6, 6.07) is 13.4. The standard InChI is InChI=1S/C19H13FN2O3S/c1-24-19(23)15-9-16(12-8-11(20)6-7-13(12)21-15)25-10-18-22-14-4-2-3-5-17(14)26-18/h2-9H,10H2,1H3. The van der Waals surface area contributed by atoms with Gasteiger partial charge < -0.3 is 9.47 Å². The minimum atomic E-state index is -0.582. The maximum absolute atomic E-state index is 13.7. The van der Waals surface area contributed by atoms with Crippen LogP contribution >= 0.6 is 11.3 Å². The van der Waals surface area contributed by atoms with Crippen LogP contribution in [0.25, 0.3) is 21.1 Å². The molecular formula is C19H13FN2O3S. The second-order valence-corrected chi connectivity index (χ2v) is 6.64. The molecule has 0 saturated heterocycles. The highest BCUT2D eigenvalue weighted by Crippen LogP contribution is 2.29. The minimum Gasteiger partial charge on any atom is -0.486 e. The number of pyridine rings is 1. The van der Waals surface area contributed by atoms with Gasteiger partial charge in [-0.3, -0.25) is 0 Å². The number of nitrogens with zero attached hydrogens (tertiary/aromatic N) is 2. The molecule has 2 heterocycles. The number of hydrogen-bond acceptors (Lipinski definition) is 6. The lowest BCUT2D eigenvalue weighted by Crippen LogP contribution is -2.06. The van der Waals surface area contributed by atoms with E-state index >= 15 is 0 Å². The van der Waals surface area contributed by atoms with Crippen LogP contribution < -0.4 is 4.74 Å². The van der Waals surface area contributed by atoms with E-state index in [1.165, 1.54) is 42.7 Å². The van der Waals surface area contributed by atoms with Gasteiger partial charge >= 0.3 is 5.97 Å². The Bertz CT molecular complexity index is 1090. The second kappa shape index (κ2) is 6.68. The van der Waals surface area contributed by atoms with Gasteiger partial charge in [-0.2, -0.15) is 0 Å². The number of methoxy groups -OCH3 is 1. The molecule has 0 amide bonds. The van der Waals surface area contributed by atoms with Crippen LogP contribution in [0, 0.1) is 5.82 Å². The lowest BCUT2D eigenvalue weighted by atomic mass is 10.1. The summed E-state index contributed by atoms with van der Waals surface area (Å²) < 4.78 is 25.3. The lowest BCUT2D eigenvalue weighted by molar-refractivity contribution is 0.0594. The molecule has 7 heteroatoms. The molecule has 0 spiro atoms. The number of para-hydroxylation sites is 1. The highest BCUT2D eigenvalue weighted by molar-refractivity contribution is 7.18. The molecule has 4 aromatic rings. The SMILES string of the molecule is COC(=O)c1cc(OCc2nc3ccccc3s2)c2cc(F)ccc2n1. The van der Waals surface area contributed by atoms with Crippen molar-refractivity contribution in [3.05, 3.63) is 65.0 Å². The highest BCUT2D eigenvalue weighted by atomic mass is 32.1. The van der Waals surface area contributed by atoms with E-state index in [1.807, 2.05) is 24.3 Å². The summed E-state index contributed by atoms with van der Waals surface area (Å²) in [5.74, 6) is -0.634. The van der Waals surface area contributed by atoms with Crippen molar-refractivity contribution in [1.82, 2.24) is 9.97 Å². The van der Waals surface area contributed by atoms with E-state index in [-0.39, 0.29) is 12.3 Å². The van der Waals surface area contributed by atoms with Crippen LogP contribution in [0.3, 0.4) is 0 Å². The average molecular weight is 368 g/mol. The number of carbonyl (C=O) groups excluding carboxylic acids is 1. The summed E-state index contributed by atoms with van der Waals surface area (Å²) in [5.41, 5.74) is 1.46. The van der Waals surface area contributed by atoms with Gasteiger partial charge in [0, 0.05) is 11.5 Å². The van der Waals surface area contributed by atoms with Crippen molar-refractivity contribution in [2.45, 2.75) is 6.61 Å². The van der Waals surface area contributed by atoms with Gasteiger partial charge in [-0.25, -0.2) is 19.2 Å². The van der Waals surface area contributed by atoms with E-state index in [2.05, 4.69) is 9.97 Å². The molecule has 26 heavy (non-hydrogen) atoms. The van der Waals surface area contributed by atoms with E-state index in [1.54, 1.807) is 0 Å². The van der Waals surface area contributed by atoms with E-state index < -0.39 is 11.8 Å². The molecule has 2 aromatic heterocycles. The minimum absolute atomic E-state index is 0.103. The summed E-state index contributed by atoms with van der Waals surface area (Å²) in [6.07, 6.45) is 0. The molecule has 130 valence electrons. The predicted molar refractivity (Wildman–Crippen MR) is 97.0 cm³/mol. The summed E-state index contributed by atoms with van der Waals surface area (Å²) in [7, 11) is 1.28. The first-order valence-corrected chi connectivity index (χ1v) is 8.61. The Hall–Kier alpha value is -3.06. The molecule has 0 atom stereocenters. The maximum atomic E-state index is 13.7. The van der Waals surface area contributed by atoms with Crippen molar-refractivity contribution < 1.29 is 18.7 Å². The van der Waals surface area contributed by atoms with Gasteiger partial charge in [-0.1, -0.05) is 12.1 Å².